The first-order chi connectivity index (χ1) is 13.5. The highest BCUT2D eigenvalue weighted by Gasteiger charge is 2.26. The van der Waals surface area contributed by atoms with Crippen LogP contribution in [0.15, 0.2) is 42.5 Å². The highest BCUT2D eigenvalue weighted by atomic mass is 32.1. The van der Waals surface area contributed by atoms with Crippen molar-refractivity contribution in [1.82, 2.24) is 9.88 Å². The number of piperazine rings is 1. The molecule has 28 heavy (non-hydrogen) atoms. The topological polar surface area (TPSA) is 62.5 Å². The predicted molar refractivity (Wildman–Crippen MR) is 117 cm³/mol. The Hall–Kier alpha value is -2.60. The number of hydrogen-bond acceptors (Lipinski definition) is 5. The number of rotatable bonds is 4. The normalized spacial score (nSPS) is 14.8. The zero-order chi connectivity index (χ0) is 19.7. The van der Waals surface area contributed by atoms with E-state index in [2.05, 4.69) is 30.9 Å². The summed E-state index contributed by atoms with van der Waals surface area (Å²) in [7, 11) is 0. The average molecular weight is 395 g/mol. The second-order valence-electron chi connectivity index (χ2n) is 7.71. The molecule has 1 aliphatic heterocycles. The lowest BCUT2D eigenvalue weighted by molar-refractivity contribution is 0.0752. The fourth-order valence-corrected chi connectivity index (χ4v) is 4.76. The van der Waals surface area contributed by atoms with Crippen LogP contribution in [0.4, 0.5) is 11.4 Å². The quantitative estimate of drug-likeness (QED) is 0.725. The largest absolute Gasteiger partial charge is 0.397 e. The number of nitrogen functional groups attached to an aromatic ring is 1. The minimum absolute atomic E-state index is 0.0265. The number of nitrogens with zero attached hydrogens (tertiary/aromatic N) is 3. The maximum absolute atomic E-state index is 13.1. The van der Waals surface area contributed by atoms with E-state index in [1.54, 1.807) is 0 Å². The highest BCUT2D eigenvalue weighted by molar-refractivity contribution is 7.21. The van der Waals surface area contributed by atoms with E-state index in [1.165, 1.54) is 17.0 Å². The van der Waals surface area contributed by atoms with Gasteiger partial charge >= 0.3 is 0 Å². The molecule has 0 atom stereocenters. The van der Waals surface area contributed by atoms with Crippen LogP contribution in [0, 0.1) is 5.92 Å². The Kier molecular flexibility index (Phi) is 5.22. The van der Waals surface area contributed by atoms with Crippen molar-refractivity contribution in [2.45, 2.75) is 20.3 Å². The van der Waals surface area contributed by atoms with Gasteiger partial charge in [0.15, 0.2) is 0 Å². The van der Waals surface area contributed by atoms with Crippen LogP contribution in [0.1, 0.15) is 29.2 Å². The van der Waals surface area contributed by atoms with Gasteiger partial charge in [0, 0.05) is 42.9 Å². The summed E-state index contributed by atoms with van der Waals surface area (Å²) in [4.78, 5) is 23.6. The Morgan fingerprint density at radius 1 is 1.11 bits per heavy atom. The van der Waals surface area contributed by atoms with Gasteiger partial charge in [0.25, 0.3) is 5.91 Å². The van der Waals surface area contributed by atoms with E-state index >= 15 is 0 Å². The molecule has 146 valence electrons. The van der Waals surface area contributed by atoms with Gasteiger partial charge < -0.3 is 15.5 Å². The molecule has 3 heterocycles. The molecule has 5 nitrogen and oxygen atoms in total. The third-order valence-corrected chi connectivity index (χ3v) is 6.25. The number of benzene rings is 1. The first-order valence-electron chi connectivity index (χ1n) is 9.80. The van der Waals surface area contributed by atoms with Gasteiger partial charge in [-0.3, -0.25) is 4.79 Å². The number of carbonyl (C=O) groups excluding carboxylic acids is 1. The van der Waals surface area contributed by atoms with E-state index in [4.69, 9.17) is 10.7 Å². The van der Waals surface area contributed by atoms with E-state index in [1.807, 2.05) is 35.2 Å². The second-order valence-corrected chi connectivity index (χ2v) is 8.71. The Balaban J connectivity index is 1.50. The molecule has 0 unspecified atom stereocenters. The van der Waals surface area contributed by atoms with Gasteiger partial charge in [-0.05, 0) is 36.6 Å². The SMILES string of the molecule is CC(C)Cc1ccc2c(N)c(C(=O)N3CCN(c4ccccc4)CC3)sc2n1. The number of hydrogen-bond donors (Lipinski definition) is 1. The van der Waals surface area contributed by atoms with Gasteiger partial charge in [-0.2, -0.15) is 0 Å². The van der Waals surface area contributed by atoms with E-state index < -0.39 is 0 Å². The molecule has 2 N–H and O–H groups in total. The summed E-state index contributed by atoms with van der Waals surface area (Å²) in [5, 5.41) is 0.892. The number of thiophene rings is 1. The number of aromatic nitrogens is 1. The Labute approximate surface area is 169 Å². The van der Waals surface area contributed by atoms with Crippen molar-refractivity contribution in [3.8, 4) is 0 Å². The third-order valence-electron chi connectivity index (χ3n) is 5.15. The lowest BCUT2D eigenvalue weighted by atomic mass is 10.1. The maximum atomic E-state index is 13.1. The van der Waals surface area contributed by atoms with Gasteiger partial charge in [0.1, 0.15) is 9.71 Å². The first kappa shape index (κ1) is 18.7. The molecule has 3 aromatic rings. The van der Waals surface area contributed by atoms with Crippen LogP contribution < -0.4 is 10.6 Å². The van der Waals surface area contributed by atoms with E-state index in [9.17, 15) is 4.79 Å². The van der Waals surface area contributed by atoms with Crippen LogP contribution >= 0.6 is 11.3 Å². The number of pyridine rings is 1. The van der Waals surface area contributed by atoms with E-state index in [-0.39, 0.29) is 5.91 Å². The second kappa shape index (κ2) is 7.80. The van der Waals surface area contributed by atoms with Crippen molar-refractivity contribution in [1.29, 1.82) is 0 Å². The van der Waals surface area contributed by atoms with Crippen LogP contribution in [0.5, 0.6) is 0 Å². The summed E-state index contributed by atoms with van der Waals surface area (Å²) in [5.41, 5.74) is 9.16. The summed E-state index contributed by atoms with van der Waals surface area (Å²) in [5.74, 6) is 0.572. The van der Waals surface area contributed by atoms with Crippen LogP contribution in [0.3, 0.4) is 0 Å². The van der Waals surface area contributed by atoms with E-state index in [0.717, 1.165) is 35.4 Å². The molecule has 1 amide bonds. The minimum Gasteiger partial charge on any atom is -0.397 e. The van der Waals surface area contributed by atoms with Gasteiger partial charge in [-0.15, -0.1) is 11.3 Å². The van der Waals surface area contributed by atoms with Crippen molar-refractivity contribution in [2.75, 3.05) is 36.8 Å². The standard InChI is InChI=1S/C22H26N4OS/c1-15(2)14-16-8-9-18-19(23)20(28-21(18)24-16)22(27)26-12-10-25(11-13-26)17-6-4-3-5-7-17/h3-9,15H,10-14,23H2,1-2H3. The lowest BCUT2D eigenvalue weighted by Crippen LogP contribution is -2.48. The van der Waals surface area contributed by atoms with Gasteiger partial charge in [-0.1, -0.05) is 32.0 Å². The van der Waals surface area contributed by atoms with Crippen LogP contribution in [0.25, 0.3) is 10.2 Å². The zero-order valence-electron chi connectivity index (χ0n) is 16.4. The summed E-state index contributed by atoms with van der Waals surface area (Å²) in [6, 6.07) is 14.4. The van der Waals surface area contributed by atoms with Crippen molar-refractivity contribution in [3.63, 3.8) is 0 Å². The number of carbonyl (C=O) groups is 1. The molecule has 1 aliphatic rings. The van der Waals surface area contributed by atoms with Crippen molar-refractivity contribution >= 4 is 38.8 Å². The molecule has 4 rings (SSSR count). The molecule has 2 aromatic heterocycles. The molecular weight excluding hydrogens is 368 g/mol. The fourth-order valence-electron chi connectivity index (χ4n) is 3.68. The number of fused-ring (bicyclic) bond motifs is 1. The third kappa shape index (κ3) is 3.69. The van der Waals surface area contributed by atoms with Gasteiger partial charge in [0.2, 0.25) is 0 Å². The number of para-hydroxylation sites is 1. The molecule has 1 aromatic carbocycles. The predicted octanol–water partition coefficient (Wildman–Crippen LogP) is 4.04. The zero-order valence-corrected chi connectivity index (χ0v) is 17.2. The van der Waals surface area contributed by atoms with Gasteiger partial charge in [0.05, 0.1) is 5.69 Å². The molecule has 0 aliphatic carbocycles. The molecular formula is C22H26N4OS. The highest BCUT2D eigenvalue weighted by Crippen LogP contribution is 2.34. The molecule has 0 radical (unpaired) electrons. The monoisotopic (exact) mass is 394 g/mol. The van der Waals surface area contributed by atoms with Crippen LogP contribution in [-0.2, 0) is 6.42 Å². The minimum atomic E-state index is 0.0265. The molecule has 0 bridgehead atoms. The number of amides is 1. The molecule has 0 spiro atoms. The summed E-state index contributed by atoms with van der Waals surface area (Å²) in [6.07, 6.45) is 0.929. The van der Waals surface area contributed by atoms with Crippen molar-refractivity contribution < 1.29 is 4.79 Å². The number of nitrogens with two attached hydrogens (primary N) is 1. The molecule has 6 heteroatoms. The summed E-state index contributed by atoms with van der Waals surface area (Å²) >= 11 is 1.42. The summed E-state index contributed by atoms with van der Waals surface area (Å²) in [6.45, 7) is 7.42. The summed E-state index contributed by atoms with van der Waals surface area (Å²) < 4.78 is 0. The Morgan fingerprint density at radius 2 is 1.82 bits per heavy atom. The number of anilines is 2. The average Bonchev–Trinajstić information content (AvgIpc) is 3.04. The molecule has 1 fully saturated rings. The fraction of sp³-hybridized carbons (Fsp3) is 0.364. The van der Waals surface area contributed by atoms with E-state index in [0.29, 0.717) is 29.6 Å². The lowest BCUT2D eigenvalue weighted by Gasteiger charge is -2.36. The molecule has 0 saturated carbocycles. The Morgan fingerprint density at radius 3 is 2.50 bits per heavy atom. The van der Waals surface area contributed by atoms with Crippen molar-refractivity contribution in [2.24, 2.45) is 5.92 Å². The first-order valence-corrected chi connectivity index (χ1v) is 10.6. The smallest absolute Gasteiger partial charge is 0.266 e. The Bertz CT molecular complexity index is 975. The molecule has 1 saturated heterocycles. The maximum Gasteiger partial charge on any atom is 0.266 e. The van der Waals surface area contributed by atoms with Crippen LogP contribution in [0.2, 0.25) is 0 Å². The van der Waals surface area contributed by atoms with Gasteiger partial charge in [-0.25, -0.2) is 4.98 Å². The van der Waals surface area contributed by atoms with Crippen LogP contribution in [-0.4, -0.2) is 42.0 Å². The van der Waals surface area contributed by atoms with Crippen molar-refractivity contribution in [3.05, 3.63) is 53.0 Å².